The molecule has 202 valence electrons. The highest BCUT2D eigenvalue weighted by molar-refractivity contribution is 6.34. The molecular formula is C29H21ClF2N4O4. The molecule has 0 saturated carbocycles. The van der Waals surface area contributed by atoms with Gasteiger partial charge in [0, 0.05) is 47.7 Å². The normalized spacial score (nSPS) is 10.7. The van der Waals surface area contributed by atoms with Gasteiger partial charge in [-0.3, -0.25) is 9.97 Å². The maximum Gasteiger partial charge on any atom is 0.323 e. The van der Waals surface area contributed by atoms with Crippen molar-refractivity contribution in [2.75, 3.05) is 17.7 Å². The standard InChI is InChI=1S/C29H21ClF2N4O4/c1-38-27-13-20-25(14-28(27)39-16-17-3-2-9-33-15-17)34-10-8-26(20)40-19-5-7-23(21(30)12-19)35-29(37)36-24-6-4-18(31)11-22(24)32/h2-15H,16H2,1H3,(H2,35,36,37). The molecule has 5 rings (SSSR count). The van der Waals surface area contributed by atoms with Crippen molar-refractivity contribution in [2.24, 2.45) is 0 Å². The predicted molar refractivity (Wildman–Crippen MR) is 147 cm³/mol. The highest BCUT2D eigenvalue weighted by atomic mass is 35.5. The minimum Gasteiger partial charge on any atom is -0.493 e. The Morgan fingerprint density at radius 1 is 0.925 bits per heavy atom. The molecule has 2 amide bonds. The third-order valence-electron chi connectivity index (χ3n) is 5.70. The van der Waals surface area contributed by atoms with Gasteiger partial charge in [-0.1, -0.05) is 17.7 Å². The van der Waals surface area contributed by atoms with E-state index in [1.165, 1.54) is 12.1 Å². The molecule has 2 aromatic heterocycles. The molecule has 3 aromatic carbocycles. The summed E-state index contributed by atoms with van der Waals surface area (Å²) in [6.07, 6.45) is 5.02. The number of halogens is 3. The molecule has 40 heavy (non-hydrogen) atoms. The van der Waals surface area contributed by atoms with Gasteiger partial charge in [0.15, 0.2) is 11.5 Å². The highest BCUT2D eigenvalue weighted by Gasteiger charge is 2.14. The first kappa shape index (κ1) is 26.6. The molecule has 0 aliphatic heterocycles. The molecule has 2 N–H and O–H groups in total. The van der Waals surface area contributed by atoms with E-state index in [0.29, 0.717) is 46.6 Å². The monoisotopic (exact) mass is 562 g/mol. The van der Waals surface area contributed by atoms with E-state index in [4.69, 9.17) is 25.8 Å². The van der Waals surface area contributed by atoms with Crippen LogP contribution in [0.15, 0.2) is 85.3 Å². The fourth-order valence-corrected chi connectivity index (χ4v) is 4.01. The zero-order valence-corrected chi connectivity index (χ0v) is 21.7. The van der Waals surface area contributed by atoms with E-state index >= 15 is 0 Å². The van der Waals surface area contributed by atoms with E-state index in [9.17, 15) is 13.6 Å². The molecule has 0 bridgehead atoms. The van der Waals surface area contributed by atoms with Crippen LogP contribution in [0.3, 0.4) is 0 Å². The topological polar surface area (TPSA) is 94.6 Å². The second kappa shape index (κ2) is 11.8. The van der Waals surface area contributed by atoms with Crippen LogP contribution in [0.4, 0.5) is 25.0 Å². The Bertz CT molecular complexity index is 1690. The summed E-state index contributed by atoms with van der Waals surface area (Å²) in [5.41, 5.74) is 1.60. The van der Waals surface area contributed by atoms with Crippen molar-refractivity contribution in [3.8, 4) is 23.0 Å². The van der Waals surface area contributed by atoms with Crippen molar-refractivity contribution in [2.45, 2.75) is 6.61 Å². The molecule has 0 spiro atoms. The minimum atomic E-state index is -0.904. The van der Waals surface area contributed by atoms with Crippen LogP contribution in [0.25, 0.3) is 10.9 Å². The van der Waals surface area contributed by atoms with Gasteiger partial charge < -0.3 is 24.8 Å². The molecule has 0 aliphatic rings. The Balaban J connectivity index is 1.31. The van der Waals surface area contributed by atoms with Crippen molar-refractivity contribution >= 4 is 39.9 Å². The number of aromatic nitrogens is 2. The Labute approximate surface area is 232 Å². The van der Waals surface area contributed by atoms with E-state index < -0.39 is 17.7 Å². The van der Waals surface area contributed by atoms with Crippen molar-refractivity contribution in [3.63, 3.8) is 0 Å². The van der Waals surface area contributed by atoms with E-state index in [-0.39, 0.29) is 16.4 Å². The molecule has 0 radical (unpaired) electrons. The maximum absolute atomic E-state index is 13.8. The number of benzene rings is 3. The van der Waals surface area contributed by atoms with E-state index in [1.54, 1.807) is 50.0 Å². The summed E-state index contributed by atoms with van der Waals surface area (Å²) in [4.78, 5) is 20.8. The first-order valence-corrected chi connectivity index (χ1v) is 12.3. The molecule has 5 aromatic rings. The first-order valence-electron chi connectivity index (χ1n) is 11.9. The van der Waals surface area contributed by atoms with Crippen LogP contribution < -0.4 is 24.8 Å². The molecule has 0 unspecified atom stereocenters. The second-order valence-corrected chi connectivity index (χ2v) is 8.83. The van der Waals surface area contributed by atoms with Crippen molar-refractivity contribution in [1.29, 1.82) is 0 Å². The Hall–Kier alpha value is -4.96. The van der Waals surface area contributed by atoms with Crippen LogP contribution in [-0.2, 0) is 6.61 Å². The van der Waals surface area contributed by atoms with Crippen LogP contribution in [0.1, 0.15) is 5.56 Å². The zero-order valence-electron chi connectivity index (χ0n) is 21.0. The Kier molecular flexibility index (Phi) is 7.88. The lowest BCUT2D eigenvalue weighted by Gasteiger charge is -2.15. The number of methoxy groups -OCH3 is 1. The molecule has 0 saturated heterocycles. The number of amides is 2. The molecular weight excluding hydrogens is 542 g/mol. The minimum absolute atomic E-state index is 0.175. The van der Waals surface area contributed by atoms with Crippen LogP contribution in [0, 0.1) is 11.6 Å². The van der Waals surface area contributed by atoms with E-state index in [0.717, 1.165) is 17.7 Å². The van der Waals surface area contributed by atoms with Gasteiger partial charge in [0.1, 0.15) is 29.7 Å². The van der Waals surface area contributed by atoms with Gasteiger partial charge in [-0.2, -0.15) is 0 Å². The number of carbonyl (C=O) groups excluding carboxylic acids is 1. The van der Waals surface area contributed by atoms with Gasteiger partial charge in [0.2, 0.25) is 0 Å². The Morgan fingerprint density at radius 2 is 1.75 bits per heavy atom. The quantitative estimate of drug-likeness (QED) is 0.202. The van der Waals surface area contributed by atoms with Gasteiger partial charge in [-0.15, -0.1) is 0 Å². The van der Waals surface area contributed by atoms with Gasteiger partial charge in [-0.05, 0) is 42.5 Å². The predicted octanol–water partition coefficient (Wildman–Crippen LogP) is 7.59. The van der Waals surface area contributed by atoms with Gasteiger partial charge in [0.25, 0.3) is 0 Å². The van der Waals surface area contributed by atoms with Gasteiger partial charge in [-0.25, -0.2) is 13.6 Å². The molecule has 2 heterocycles. The number of hydrogen-bond donors (Lipinski definition) is 2. The summed E-state index contributed by atoms with van der Waals surface area (Å²) in [6, 6.07) is 15.7. The second-order valence-electron chi connectivity index (χ2n) is 8.43. The summed E-state index contributed by atoms with van der Waals surface area (Å²) >= 11 is 6.37. The number of urea groups is 1. The third-order valence-corrected chi connectivity index (χ3v) is 6.01. The lowest BCUT2D eigenvalue weighted by molar-refractivity contribution is 0.262. The number of pyridine rings is 2. The summed E-state index contributed by atoms with van der Waals surface area (Å²) in [6.45, 7) is 0.307. The van der Waals surface area contributed by atoms with Crippen LogP contribution in [0.2, 0.25) is 5.02 Å². The highest BCUT2D eigenvalue weighted by Crippen LogP contribution is 2.38. The summed E-state index contributed by atoms with van der Waals surface area (Å²) in [5.74, 6) is 0.235. The van der Waals surface area contributed by atoms with Crippen LogP contribution in [-0.4, -0.2) is 23.1 Å². The average molecular weight is 563 g/mol. The SMILES string of the molecule is COc1cc2c(Oc3ccc(NC(=O)Nc4ccc(F)cc4F)c(Cl)c3)ccnc2cc1OCc1cccnc1. The molecule has 0 atom stereocenters. The van der Waals surface area contributed by atoms with Crippen LogP contribution >= 0.6 is 11.6 Å². The number of ether oxygens (including phenoxy) is 3. The smallest absolute Gasteiger partial charge is 0.323 e. The summed E-state index contributed by atoms with van der Waals surface area (Å²) in [7, 11) is 1.54. The number of anilines is 2. The van der Waals surface area contributed by atoms with Crippen LogP contribution in [0.5, 0.6) is 23.0 Å². The van der Waals surface area contributed by atoms with Gasteiger partial charge in [0.05, 0.1) is 29.0 Å². The molecule has 8 nitrogen and oxygen atoms in total. The van der Waals surface area contributed by atoms with Crippen molar-refractivity contribution in [1.82, 2.24) is 9.97 Å². The van der Waals surface area contributed by atoms with Gasteiger partial charge >= 0.3 is 6.03 Å². The number of carbonyl (C=O) groups is 1. The number of rotatable bonds is 8. The summed E-state index contributed by atoms with van der Waals surface area (Å²) < 4.78 is 44.5. The number of nitrogens with one attached hydrogen (secondary N) is 2. The number of fused-ring (bicyclic) bond motifs is 1. The largest absolute Gasteiger partial charge is 0.493 e. The van der Waals surface area contributed by atoms with Crippen molar-refractivity contribution < 1.29 is 27.8 Å². The number of nitrogens with zero attached hydrogens (tertiary/aromatic N) is 2. The van der Waals surface area contributed by atoms with E-state index in [1.807, 2.05) is 12.1 Å². The first-order chi connectivity index (χ1) is 19.4. The number of hydrogen-bond acceptors (Lipinski definition) is 6. The Morgan fingerprint density at radius 3 is 2.50 bits per heavy atom. The zero-order chi connectivity index (χ0) is 28.1. The summed E-state index contributed by atoms with van der Waals surface area (Å²) in [5, 5.41) is 5.68. The fraction of sp³-hybridized carbons (Fsp3) is 0.0690. The maximum atomic E-state index is 13.8. The van der Waals surface area contributed by atoms with E-state index in [2.05, 4.69) is 20.6 Å². The lowest BCUT2D eigenvalue weighted by Crippen LogP contribution is -2.20. The average Bonchev–Trinajstić information content (AvgIpc) is 2.95. The lowest BCUT2D eigenvalue weighted by atomic mass is 10.1. The molecule has 0 aliphatic carbocycles. The molecule has 0 fully saturated rings. The fourth-order valence-electron chi connectivity index (χ4n) is 3.79. The molecule has 11 heteroatoms. The van der Waals surface area contributed by atoms with Crippen molar-refractivity contribution in [3.05, 3.63) is 108 Å². The third kappa shape index (κ3) is 6.19.